The molecule has 0 radical (unpaired) electrons. The molecule has 110 valence electrons. The SMILES string of the molecule is COc1ccc(C(=O)CS(=O)(=O)c2ccc(Cl)cc2)cc1. The van der Waals surface area contributed by atoms with Crippen LogP contribution < -0.4 is 4.74 Å². The predicted octanol–water partition coefficient (Wildman–Crippen LogP) is 3.01. The Morgan fingerprint density at radius 1 is 1.05 bits per heavy atom. The van der Waals surface area contributed by atoms with Crippen molar-refractivity contribution < 1.29 is 17.9 Å². The van der Waals surface area contributed by atoms with Crippen LogP contribution in [0.1, 0.15) is 10.4 Å². The number of halogens is 1. The fourth-order valence-electron chi connectivity index (χ4n) is 1.76. The molecule has 0 aliphatic carbocycles. The van der Waals surface area contributed by atoms with Crippen molar-refractivity contribution in [3.63, 3.8) is 0 Å². The van der Waals surface area contributed by atoms with E-state index in [9.17, 15) is 13.2 Å². The predicted molar refractivity (Wildman–Crippen MR) is 80.8 cm³/mol. The molecule has 0 saturated heterocycles. The van der Waals surface area contributed by atoms with Gasteiger partial charge in [0.1, 0.15) is 11.5 Å². The molecule has 0 aliphatic rings. The Bertz CT molecular complexity index is 734. The maximum atomic E-state index is 12.2. The number of carbonyl (C=O) groups excluding carboxylic acids is 1. The summed E-state index contributed by atoms with van der Waals surface area (Å²) in [5.74, 6) is -0.444. The number of benzene rings is 2. The van der Waals surface area contributed by atoms with Gasteiger partial charge in [0.05, 0.1) is 12.0 Å². The smallest absolute Gasteiger partial charge is 0.185 e. The van der Waals surface area contributed by atoms with Crippen LogP contribution in [0.4, 0.5) is 0 Å². The first kappa shape index (κ1) is 15.5. The summed E-state index contributed by atoms with van der Waals surface area (Å²) in [6, 6.07) is 12.0. The van der Waals surface area contributed by atoms with Crippen LogP contribution in [-0.4, -0.2) is 27.1 Å². The summed E-state index contributed by atoms with van der Waals surface area (Å²) in [5.41, 5.74) is 0.327. The summed E-state index contributed by atoms with van der Waals surface area (Å²) in [7, 11) is -2.16. The van der Waals surface area contributed by atoms with Crippen LogP contribution in [0.3, 0.4) is 0 Å². The Morgan fingerprint density at radius 3 is 2.14 bits per heavy atom. The Labute approximate surface area is 128 Å². The fraction of sp³-hybridized carbons (Fsp3) is 0.133. The molecule has 2 aromatic carbocycles. The molecule has 2 rings (SSSR count). The molecule has 0 aromatic heterocycles. The third-order valence-corrected chi connectivity index (χ3v) is 4.79. The van der Waals surface area contributed by atoms with Gasteiger partial charge in [-0.15, -0.1) is 0 Å². The van der Waals surface area contributed by atoms with Gasteiger partial charge in [0.2, 0.25) is 0 Å². The van der Waals surface area contributed by atoms with E-state index in [1.807, 2.05) is 0 Å². The van der Waals surface area contributed by atoms with E-state index < -0.39 is 21.4 Å². The molecule has 2 aromatic rings. The van der Waals surface area contributed by atoms with Crippen LogP contribution in [0.2, 0.25) is 5.02 Å². The average molecular weight is 325 g/mol. The molecule has 0 N–H and O–H groups in total. The summed E-state index contributed by atoms with van der Waals surface area (Å²) in [6.07, 6.45) is 0. The number of Topliss-reactive ketones (excluding diaryl/α,β-unsaturated/α-hetero) is 1. The lowest BCUT2D eigenvalue weighted by molar-refractivity contribution is 0.102. The van der Waals surface area contributed by atoms with Gasteiger partial charge in [0, 0.05) is 10.6 Å². The molecular weight excluding hydrogens is 312 g/mol. The van der Waals surface area contributed by atoms with E-state index in [1.54, 1.807) is 24.3 Å². The number of carbonyl (C=O) groups is 1. The fourth-order valence-corrected chi connectivity index (χ4v) is 3.11. The zero-order valence-electron chi connectivity index (χ0n) is 11.2. The van der Waals surface area contributed by atoms with Crippen molar-refractivity contribution >= 4 is 27.2 Å². The number of ether oxygens (including phenoxy) is 1. The highest BCUT2D eigenvalue weighted by atomic mass is 35.5. The van der Waals surface area contributed by atoms with Crippen LogP contribution in [0.25, 0.3) is 0 Å². The van der Waals surface area contributed by atoms with Gasteiger partial charge >= 0.3 is 0 Å². The van der Waals surface area contributed by atoms with E-state index in [0.29, 0.717) is 16.3 Å². The molecular formula is C15H13ClO4S. The molecule has 0 unspecified atom stereocenters. The number of ketones is 1. The van der Waals surface area contributed by atoms with Crippen molar-refractivity contribution in [3.8, 4) is 5.75 Å². The molecule has 0 fully saturated rings. The Hall–Kier alpha value is -1.85. The zero-order chi connectivity index (χ0) is 15.5. The molecule has 0 atom stereocenters. The average Bonchev–Trinajstić information content (AvgIpc) is 2.47. The minimum absolute atomic E-state index is 0.0776. The van der Waals surface area contributed by atoms with Crippen LogP contribution in [-0.2, 0) is 9.84 Å². The van der Waals surface area contributed by atoms with Gasteiger partial charge in [-0.2, -0.15) is 0 Å². The summed E-state index contributed by atoms with van der Waals surface area (Å²) in [4.78, 5) is 12.1. The first-order valence-electron chi connectivity index (χ1n) is 6.08. The topological polar surface area (TPSA) is 60.4 Å². The Kier molecular flexibility index (Phi) is 4.65. The van der Waals surface area contributed by atoms with Gasteiger partial charge in [-0.3, -0.25) is 4.79 Å². The largest absolute Gasteiger partial charge is 0.497 e. The minimum atomic E-state index is -3.68. The second-order valence-corrected chi connectivity index (χ2v) is 6.79. The number of methoxy groups -OCH3 is 1. The van der Waals surface area contributed by atoms with E-state index in [-0.39, 0.29) is 4.90 Å². The van der Waals surface area contributed by atoms with Crippen molar-refractivity contribution in [1.29, 1.82) is 0 Å². The summed E-state index contributed by atoms with van der Waals surface area (Å²) in [5, 5.41) is 0.440. The maximum absolute atomic E-state index is 12.2. The van der Waals surface area contributed by atoms with Gasteiger partial charge in [-0.05, 0) is 48.5 Å². The molecule has 0 saturated carbocycles. The minimum Gasteiger partial charge on any atom is -0.497 e. The number of hydrogen-bond donors (Lipinski definition) is 0. The second-order valence-electron chi connectivity index (χ2n) is 4.36. The van der Waals surface area contributed by atoms with Crippen molar-refractivity contribution in [2.75, 3.05) is 12.9 Å². The highest BCUT2D eigenvalue weighted by Gasteiger charge is 2.20. The first-order valence-corrected chi connectivity index (χ1v) is 8.11. The van der Waals surface area contributed by atoms with Crippen molar-refractivity contribution in [2.45, 2.75) is 4.90 Å². The lowest BCUT2D eigenvalue weighted by Gasteiger charge is -2.05. The van der Waals surface area contributed by atoms with Gasteiger partial charge in [-0.25, -0.2) is 8.42 Å². The molecule has 21 heavy (non-hydrogen) atoms. The molecule has 0 aliphatic heterocycles. The normalized spacial score (nSPS) is 11.1. The van der Waals surface area contributed by atoms with Gasteiger partial charge in [-0.1, -0.05) is 11.6 Å². The molecule has 0 bridgehead atoms. The molecule has 0 amide bonds. The third-order valence-electron chi connectivity index (χ3n) is 2.91. The highest BCUT2D eigenvalue weighted by molar-refractivity contribution is 7.92. The van der Waals surface area contributed by atoms with E-state index in [4.69, 9.17) is 16.3 Å². The first-order chi connectivity index (χ1) is 9.92. The number of rotatable bonds is 5. The standard InChI is InChI=1S/C15H13ClO4S/c1-20-13-6-2-11(3-7-13)15(17)10-21(18,19)14-8-4-12(16)5-9-14/h2-9H,10H2,1H3. The quantitative estimate of drug-likeness (QED) is 0.793. The van der Waals surface area contributed by atoms with Gasteiger partial charge in [0.25, 0.3) is 0 Å². The van der Waals surface area contributed by atoms with Gasteiger partial charge < -0.3 is 4.74 Å². The highest BCUT2D eigenvalue weighted by Crippen LogP contribution is 2.17. The van der Waals surface area contributed by atoms with Crippen LogP contribution >= 0.6 is 11.6 Å². The lowest BCUT2D eigenvalue weighted by atomic mass is 10.1. The van der Waals surface area contributed by atoms with Crippen molar-refractivity contribution in [1.82, 2.24) is 0 Å². The summed E-state index contributed by atoms with van der Waals surface area (Å²) < 4.78 is 29.3. The second kappa shape index (κ2) is 6.28. The monoisotopic (exact) mass is 324 g/mol. The Morgan fingerprint density at radius 2 is 1.62 bits per heavy atom. The van der Waals surface area contributed by atoms with E-state index in [2.05, 4.69) is 0 Å². The van der Waals surface area contributed by atoms with E-state index >= 15 is 0 Å². The maximum Gasteiger partial charge on any atom is 0.185 e. The molecule has 0 heterocycles. The lowest BCUT2D eigenvalue weighted by Crippen LogP contribution is -2.16. The van der Waals surface area contributed by atoms with Crippen LogP contribution in [0, 0.1) is 0 Å². The number of sulfone groups is 1. The molecule has 4 nitrogen and oxygen atoms in total. The van der Waals surface area contributed by atoms with Crippen molar-refractivity contribution in [3.05, 3.63) is 59.1 Å². The van der Waals surface area contributed by atoms with Gasteiger partial charge in [0.15, 0.2) is 15.6 Å². The zero-order valence-corrected chi connectivity index (χ0v) is 12.8. The summed E-state index contributed by atoms with van der Waals surface area (Å²) in [6.45, 7) is 0. The van der Waals surface area contributed by atoms with Crippen molar-refractivity contribution in [2.24, 2.45) is 0 Å². The molecule has 0 spiro atoms. The third kappa shape index (κ3) is 3.83. The van der Waals surface area contributed by atoms with E-state index in [0.717, 1.165) is 0 Å². The van der Waals surface area contributed by atoms with Crippen LogP contribution in [0.15, 0.2) is 53.4 Å². The van der Waals surface area contributed by atoms with E-state index in [1.165, 1.54) is 31.4 Å². The van der Waals surface area contributed by atoms with Crippen LogP contribution in [0.5, 0.6) is 5.75 Å². The number of hydrogen-bond acceptors (Lipinski definition) is 4. The Balaban J connectivity index is 2.19. The molecule has 6 heteroatoms. The summed E-state index contributed by atoms with van der Waals surface area (Å²) >= 11 is 5.72.